The number of carbonyl (C=O) groups is 2. The SMILES string of the molecule is O=C(/C=C/c1ccccc1F)NNC(=O)c1cccnc1. The second-order valence-corrected chi connectivity index (χ2v) is 4.04. The monoisotopic (exact) mass is 285 g/mol. The second-order valence-electron chi connectivity index (χ2n) is 4.04. The van der Waals surface area contributed by atoms with Gasteiger partial charge in [0, 0.05) is 24.0 Å². The zero-order chi connectivity index (χ0) is 15.1. The molecule has 6 heteroatoms. The molecule has 0 aliphatic heterocycles. The van der Waals surface area contributed by atoms with Crippen molar-refractivity contribution in [3.63, 3.8) is 0 Å². The van der Waals surface area contributed by atoms with Crippen LogP contribution in [-0.2, 0) is 4.79 Å². The topological polar surface area (TPSA) is 71.1 Å². The summed E-state index contributed by atoms with van der Waals surface area (Å²) in [5, 5.41) is 0. The average molecular weight is 285 g/mol. The van der Waals surface area contributed by atoms with E-state index in [0.717, 1.165) is 6.08 Å². The molecule has 0 atom stereocenters. The normalized spacial score (nSPS) is 10.3. The van der Waals surface area contributed by atoms with E-state index in [2.05, 4.69) is 15.8 Å². The molecule has 106 valence electrons. The Balaban J connectivity index is 1.88. The van der Waals surface area contributed by atoms with Gasteiger partial charge in [0.15, 0.2) is 0 Å². The molecule has 0 bridgehead atoms. The molecule has 2 N–H and O–H groups in total. The minimum atomic E-state index is -0.574. The third kappa shape index (κ3) is 4.24. The van der Waals surface area contributed by atoms with Crippen molar-refractivity contribution in [3.8, 4) is 0 Å². The molecule has 5 nitrogen and oxygen atoms in total. The predicted octanol–water partition coefficient (Wildman–Crippen LogP) is 1.70. The molecule has 1 aromatic carbocycles. The van der Waals surface area contributed by atoms with E-state index < -0.39 is 17.6 Å². The molecule has 2 rings (SSSR count). The van der Waals surface area contributed by atoms with Crippen LogP contribution in [0.3, 0.4) is 0 Å². The number of aromatic nitrogens is 1. The standard InChI is InChI=1S/C15H12FN3O2/c16-13-6-2-1-4-11(13)7-8-14(20)18-19-15(21)12-5-3-9-17-10-12/h1-10H,(H,18,20)(H,19,21)/b8-7+. The van der Waals surface area contributed by atoms with Gasteiger partial charge in [-0.25, -0.2) is 4.39 Å². The van der Waals surface area contributed by atoms with Gasteiger partial charge < -0.3 is 0 Å². The maximum Gasteiger partial charge on any atom is 0.271 e. The Labute approximate surface area is 120 Å². The maximum atomic E-state index is 13.3. The maximum absolute atomic E-state index is 13.3. The Morgan fingerprint density at radius 3 is 2.62 bits per heavy atom. The van der Waals surface area contributed by atoms with Crippen LogP contribution in [0.2, 0.25) is 0 Å². The Hall–Kier alpha value is -3.02. The zero-order valence-corrected chi connectivity index (χ0v) is 10.9. The number of nitrogens with zero attached hydrogens (tertiary/aromatic N) is 1. The average Bonchev–Trinajstić information content (AvgIpc) is 2.52. The fraction of sp³-hybridized carbons (Fsp3) is 0. The van der Waals surface area contributed by atoms with Crippen molar-refractivity contribution >= 4 is 17.9 Å². The summed E-state index contributed by atoms with van der Waals surface area (Å²) in [6.45, 7) is 0. The molecule has 0 spiro atoms. The van der Waals surface area contributed by atoms with Crippen LogP contribution in [0.25, 0.3) is 6.08 Å². The fourth-order valence-corrected chi connectivity index (χ4v) is 1.51. The quantitative estimate of drug-likeness (QED) is 0.666. The Morgan fingerprint density at radius 1 is 1.10 bits per heavy atom. The lowest BCUT2D eigenvalue weighted by atomic mass is 10.2. The van der Waals surface area contributed by atoms with Gasteiger partial charge >= 0.3 is 0 Å². The van der Waals surface area contributed by atoms with Crippen LogP contribution in [0, 0.1) is 5.82 Å². The molecule has 0 aliphatic carbocycles. The molecule has 0 radical (unpaired) electrons. The van der Waals surface area contributed by atoms with Crippen LogP contribution in [0.15, 0.2) is 54.9 Å². The molecule has 0 fully saturated rings. The van der Waals surface area contributed by atoms with E-state index in [0.29, 0.717) is 5.56 Å². The van der Waals surface area contributed by atoms with Crippen molar-refractivity contribution in [2.45, 2.75) is 0 Å². The molecule has 0 unspecified atom stereocenters. The fourth-order valence-electron chi connectivity index (χ4n) is 1.51. The van der Waals surface area contributed by atoms with Gasteiger partial charge in [0.05, 0.1) is 5.56 Å². The highest BCUT2D eigenvalue weighted by Crippen LogP contribution is 2.07. The minimum Gasteiger partial charge on any atom is -0.268 e. The van der Waals surface area contributed by atoms with E-state index in [4.69, 9.17) is 0 Å². The largest absolute Gasteiger partial charge is 0.271 e. The summed E-state index contributed by atoms with van der Waals surface area (Å²) < 4.78 is 13.3. The minimum absolute atomic E-state index is 0.284. The molecular weight excluding hydrogens is 273 g/mol. The highest BCUT2D eigenvalue weighted by Gasteiger charge is 2.05. The Bertz CT molecular complexity index is 672. The first-order chi connectivity index (χ1) is 10.2. The third-order valence-electron chi connectivity index (χ3n) is 2.54. The first-order valence-electron chi connectivity index (χ1n) is 6.10. The number of benzene rings is 1. The number of halogens is 1. The number of carbonyl (C=O) groups excluding carboxylic acids is 2. The van der Waals surface area contributed by atoms with Crippen LogP contribution in [0.5, 0.6) is 0 Å². The molecule has 21 heavy (non-hydrogen) atoms. The number of hydrazine groups is 1. The van der Waals surface area contributed by atoms with E-state index in [-0.39, 0.29) is 5.56 Å². The number of pyridine rings is 1. The van der Waals surface area contributed by atoms with Gasteiger partial charge in [-0.05, 0) is 24.3 Å². The van der Waals surface area contributed by atoms with Gasteiger partial charge in [-0.2, -0.15) is 0 Å². The highest BCUT2D eigenvalue weighted by molar-refractivity contribution is 5.97. The van der Waals surface area contributed by atoms with Crippen LogP contribution < -0.4 is 10.9 Å². The molecule has 1 heterocycles. The van der Waals surface area contributed by atoms with Gasteiger partial charge in [0.2, 0.25) is 0 Å². The Kier molecular flexibility index (Phi) is 4.76. The van der Waals surface area contributed by atoms with Crippen molar-refractivity contribution in [3.05, 3.63) is 71.8 Å². The second kappa shape index (κ2) is 6.95. The number of hydrogen-bond acceptors (Lipinski definition) is 3. The third-order valence-corrected chi connectivity index (χ3v) is 2.54. The lowest BCUT2D eigenvalue weighted by Gasteiger charge is -2.04. The van der Waals surface area contributed by atoms with Crippen LogP contribution in [0.4, 0.5) is 4.39 Å². The molecule has 2 amide bonds. The van der Waals surface area contributed by atoms with Crippen LogP contribution >= 0.6 is 0 Å². The van der Waals surface area contributed by atoms with Gasteiger partial charge in [-0.1, -0.05) is 18.2 Å². The molecule has 2 aromatic rings. The molecular formula is C15H12FN3O2. The first-order valence-corrected chi connectivity index (χ1v) is 6.10. The smallest absolute Gasteiger partial charge is 0.268 e. The van der Waals surface area contributed by atoms with Crippen molar-refractivity contribution in [1.82, 2.24) is 15.8 Å². The lowest BCUT2D eigenvalue weighted by molar-refractivity contribution is -0.117. The lowest BCUT2D eigenvalue weighted by Crippen LogP contribution is -2.40. The van der Waals surface area contributed by atoms with E-state index in [1.165, 1.54) is 30.6 Å². The molecule has 1 aromatic heterocycles. The summed E-state index contributed by atoms with van der Waals surface area (Å²) in [5.74, 6) is -1.49. The first kappa shape index (κ1) is 14.4. The zero-order valence-electron chi connectivity index (χ0n) is 10.9. The molecule has 0 saturated heterocycles. The number of nitrogens with one attached hydrogen (secondary N) is 2. The van der Waals surface area contributed by atoms with Gasteiger partial charge in [-0.3, -0.25) is 25.4 Å². The number of hydrogen-bond donors (Lipinski definition) is 2. The van der Waals surface area contributed by atoms with E-state index in [1.54, 1.807) is 24.3 Å². The van der Waals surface area contributed by atoms with E-state index >= 15 is 0 Å². The number of amides is 2. The molecule has 0 saturated carbocycles. The predicted molar refractivity (Wildman–Crippen MR) is 75.3 cm³/mol. The van der Waals surface area contributed by atoms with Gasteiger partial charge in [-0.15, -0.1) is 0 Å². The van der Waals surface area contributed by atoms with Gasteiger partial charge in [0.1, 0.15) is 5.82 Å². The van der Waals surface area contributed by atoms with Crippen molar-refractivity contribution in [2.24, 2.45) is 0 Å². The highest BCUT2D eigenvalue weighted by atomic mass is 19.1. The van der Waals surface area contributed by atoms with Gasteiger partial charge in [0.25, 0.3) is 11.8 Å². The summed E-state index contributed by atoms with van der Waals surface area (Å²) in [6, 6.07) is 9.21. The summed E-state index contributed by atoms with van der Waals surface area (Å²) in [7, 11) is 0. The van der Waals surface area contributed by atoms with E-state index in [9.17, 15) is 14.0 Å². The summed E-state index contributed by atoms with van der Waals surface area (Å²) in [6.07, 6.45) is 5.35. The summed E-state index contributed by atoms with van der Waals surface area (Å²) >= 11 is 0. The number of rotatable bonds is 3. The molecule has 0 aliphatic rings. The summed E-state index contributed by atoms with van der Waals surface area (Å²) in [5.41, 5.74) is 5.02. The van der Waals surface area contributed by atoms with Crippen LogP contribution in [0.1, 0.15) is 15.9 Å². The van der Waals surface area contributed by atoms with Crippen molar-refractivity contribution in [1.29, 1.82) is 0 Å². The Morgan fingerprint density at radius 2 is 1.90 bits per heavy atom. The van der Waals surface area contributed by atoms with Crippen LogP contribution in [-0.4, -0.2) is 16.8 Å². The van der Waals surface area contributed by atoms with Crippen molar-refractivity contribution in [2.75, 3.05) is 0 Å². The van der Waals surface area contributed by atoms with Crippen molar-refractivity contribution < 1.29 is 14.0 Å². The summed E-state index contributed by atoms with van der Waals surface area (Å²) in [4.78, 5) is 26.9. The van der Waals surface area contributed by atoms with E-state index in [1.807, 2.05) is 0 Å².